The SMILES string of the molecule is COc1ccc(C(=O)N2CCC(NS(=O)(=O)c3cc(C)ccc3C)CC2)cc1. The smallest absolute Gasteiger partial charge is 0.253 e. The molecular formula is C21H26N2O4S. The molecule has 0 aromatic heterocycles. The number of rotatable bonds is 5. The van der Waals surface area contributed by atoms with Gasteiger partial charge >= 0.3 is 0 Å². The molecule has 1 amide bonds. The number of nitrogens with one attached hydrogen (secondary N) is 1. The standard InChI is InChI=1S/C21H26N2O4S/c1-15-4-5-16(2)20(14-15)28(25,26)22-18-10-12-23(13-11-18)21(24)17-6-8-19(27-3)9-7-17/h4-9,14,18,22H,10-13H2,1-3H3. The van der Waals surface area contributed by atoms with Crippen LogP contribution in [-0.2, 0) is 10.0 Å². The van der Waals surface area contributed by atoms with Crippen LogP contribution in [0.4, 0.5) is 0 Å². The van der Waals surface area contributed by atoms with E-state index in [1.54, 1.807) is 49.3 Å². The van der Waals surface area contributed by atoms with Crippen LogP contribution in [0.3, 0.4) is 0 Å². The summed E-state index contributed by atoms with van der Waals surface area (Å²) in [5.41, 5.74) is 2.24. The maximum atomic E-state index is 12.8. The zero-order valence-electron chi connectivity index (χ0n) is 16.4. The van der Waals surface area contributed by atoms with Crippen LogP contribution >= 0.6 is 0 Å². The highest BCUT2D eigenvalue weighted by Crippen LogP contribution is 2.21. The molecule has 0 aliphatic carbocycles. The maximum Gasteiger partial charge on any atom is 0.253 e. The van der Waals surface area contributed by atoms with E-state index in [1.807, 2.05) is 19.1 Å². The Hall–Kier alpha value is -2.38. The van der Waals surface area contributed by atoms with Crippen LogP contribution in [0, 0.1) is 13.8 Å². The topological polar surface area (TPSA) is 75.7 Å². The van der Waals surface area contributed by atoms with Crippen LogP contribution in [0.15, 0.2) is 47.4 Å². The fourth-order valence-corrected chi connectivity index (χ4v) is 5.03. The van der Waals surface area contributed by atoms with Crippen LogP contribution in [0.1, 0.15) is 34.3 Å². The summed E-state index contributed by atoms with van der Waals surface area (Å²) >= 11 is 0. The van der Waals surface area contributed by atoms with Gasteiger partial charge in [-0.05, 0) is 68.1 Å². The summed E-state index contributed by atoms with van der Waals surface area (Å²) < 4.78 is 33.5. The van der Waals surface area contributed by atoms with Gasteiger partial charge in [-0.1, -0.05) is 12.1 Å². The molecule has 28 heavy (non-hydrogen) atoms. The quantitative estimate of drug-likeness (QED) is 0.834. The normalized spacial score (nSPS) is 15.5. The summed E-state index contributed by atoms with van der Waals surface area (Å²) in [7, 11) is -1.99. The Labute approximate surface area is 166 Å². The molecule has 1 saturated heterocycles. The number of carbonyl (C=O) groups excluding carboxylic acids is 1. The molecule has 150 valence electrons. The van der Waals surface area contributed by atoms with E-state index >= 15 is 0 Å². The van der Waals surface area contributed by atoms with Gasteiger partial charge in [-0.25, -0.2) is 13.1 Å². The molecule has 1 N–H and O–H groups in total. The van der Waals surface area contributed by atoms with Gasteiger partial charge in [-0.2, -0.15) is 0 Å². The highest BCUT2D eigenvalue weighted by molar-refractivity contribution is 7.89. The van der Waals surface area contributed by atoms with Crippen molar-refractivity contribution < 1.29 is 17.9 Å². The predicted molar refractivity (Wildman–Crippen MR) is 108 cm³/mol. The number of likely N-dealkylation sites (tertiary alicyclic amines) is 1. The van der Waals surface area contributed by atoms with Gasteiger partial charge in [0.1, 0.15) is 5.75 Å². The molecule has 0 bridgehead atoms. The number of ether oxygens (including phenoxy) is 1. The van der Waals surface area contributed by atoms with Gasteiger partial charge in [0.05, 0.1) is 12.0 Å². The number of nitrogens with zero attached hydrogens (tertiary/aromatic N) is 1. The van der Waals surface area contributed by atoms with Crippen molar-refractivity contribution in [1.29, 1.82) is 0 Å². The van der Waals surface area contributed by atoms with Crippen molar-refractivity contribution >= 4 is 15.9 Å². The molecule has 3 rings (SSSR count). The van der Waals surface area contributed by atoms with E-state index in [0.717, 1.165) is 11.1 Å². The van der Waals surface area contributed by atoms with Gasteiger partial charge < -0.3 is 9.64 Å². The van der Waals surface area contributed by atoms with Crippen LogP contribution in [-0.4, -0.2) is 45.5 Å². The van der Waals surface area contributed by atoms with Gasteiger partial charge in [-0.15, -0.1) is 0 Å². The summed E-state index contributed by atoms with van der Waals surface area (Å²) in [5.74, 6) is 0.662. The first kappa shape index (κ1) is 20.4. The van der Waals surface area contributed by atoms with E-state index in [0.29, 0.717) is 42.1 Å². The van der Waals surface area contributed by atoms with Gasteiger partial charge in [0, 0.05) is 24.7 Å². The summed E-state index contributed by atoms with van der Waals surface area (Å²) in [6.07, 6.45) is 1.18. The van der Waals surface area contributed by atoms with Crippen LogP contribution in [0.2, 0.25) is 0 Å². The molecule has 0 spiro atoms. The van der Waals surface area contributed by atoms with E-state index < -0.39 is 10.0 Å². The molecule has 0 radical (unpaired) electrons. The van der Waals surface area contributed by atoms with E-state index in [1.165, 1.54) is 0 Å². The average Bonchev–Trinajstić information content (AvgIpc) is 2.69. The first-order valence-electron chi connectivity index (χ1n) is 9.33. The Kier molecular flexibility index (Phi) is 6.05. The van der Waals surface area contributed by atoms with Crippen molar-refractivity contribution in [3.8, 4) is 5.75 Å². The number of aryl methyl sites for hydroxylation is 2. The summed E-state index contributed by atoms with van der Waals surface area (Å²) in [6, 6.07) is 12.3. The number of benzene rings is 2. The molecular weight excluding hydrogens is 376 g/mol. The lowest BCUT2D eigenvalue weighted by Gasteiger charge is -2.32. The number of hydrogen-bond acceptors (Lipinski definition) is 4. The number of carbonyl (C=O) groups is 1. The Morgan fingerprint density at radius 3 is 2.32 bits per heavy atom. The van der Waals surface area contributed by atoms with Crippen molar-refractivity contribution in [2.45, 2.75) is 37.6 Å². The van der Waals surface area contributed by atoms with Gasteiger partial charge in [0.25, 0.3) is 5.91 Å². The average molecular weight is 403 g/mol. The van der Waals surface area contributed by atoms with Crippen LogP contribution in [0.5, 0.6) is 5.75 Å². The molecule has 0 unspecified atom stereocenters. The van der Waals surface area contributed by atoms with Gasteiger partial charge in [0.15, 0.2) is 0 Å². The number of methoxy groups -OCH3 is 1. The lowest BCUT2D eigenvalue weighted by molar-refractivity contribution is 0.0711. The third-order valence-electron chi connectivity index (χ3n) is 5.07. The Bertz CT molecular complexity index is 947. The highest BCUT2D eigenvalue weighted by Gasteiger charge is 2.28. The van der Waals surface area contributed by atoms with Crippen LogP contribution < -0.4 is 9.46 Å². The van der Waals surface area contributed by atoms with Crippen molar-refractivity contribution in [2.75, 3.05) is 20.2 Å². The fourth-order valence-electron chi connectivity index (χ4n) is 3.40. The second-order valence-corrected chi connectivity index (χ2v) is 8.87. The van der Waals surface area contributed by atoms with Gasteiger partial charge in [0.2, 0.25) is 10.0 Å². The molecule has 2 aromatic rings. The molecule has 1 heterocycles. The monoisotopic (exact) mass is 402 g/mol. The van der Waals surface area contributed by atoms with E-state index in [4.69, 9.17) is 4.74 Å². The predicted octanol–water partition coefficient (Wildman–Crippen LogP) is 2.90. The van der Waals surface area contributed by atoms with E-state index in [9.17, 15) is 13.2 Å². The third kappa shape index (κ3) is 4.54. The van der Waals surface area contributed by atoms with E-state index in [-0.39, 0.29) is 11.9 Å². The minimum absolute atomic E-state index is 0.0431. The first-order valence-corrected chi connectivity index (χ1v) is 10.8. The summed E-state index contributed by atoms with van der Waals surface area (Å²) in [6.45, 7) is 4.71. The molecule has 0 saturated carbocycles. The fraction of sp³-hybridized carbons (Fsp3) is 0.381. The zero-order chi connectivity index (χ0) is 20.3. The lowest BCUT2D eigenvalue weighted by Crippen LogP contribution is -2.46. The zero-order valence-corrected chi connectivity index (χ0v) is 17.3. The van der Waals surface area contributed by atoms with Crippen molar-refractivity contribution in [1.82, 2.24) is 9.62 Å². The van der Waals surface area contributed by atoms with Crippen LogP contribution in [0.25, 0.3) is 0 Å². The Morgan fingerprint density at radius 1 is 1.07 bits per heavy atom. The third-order valence-corrected chi connectivity index (χ3v) is 6.74. The lowest BCUT2D eigenvalue weighted by atomic mass is 10.0. The molecule has 1 fully saturated rings. The number of piperidine rings is 1. The van der Waals surface area contributed by atoms with Gasteiger partial charge in [-0.3, -0.25) is 4.79 Å². The maximum absolute atomic E-state index is 12.8. The second-order valence-electron chi connectivity index (χ2n) is 7.19. The molecule has 2 aromatic carbocycles. The molecule has 0 atom stereocenters. The minimum Gasteiger partial charge on any atom is -0.497 e. The largest absolute Gasteiger partial charge is 0.497 e. The first-order chi connectivity index (χ1) is 13.3. The number of hydrogen-bond donors (Lipinski definition) is 1. The van der Waals surface area contributed by atoms with Crippen molar-refractivity contribution in [3.63, 3.8) is 0 Å². The Balaban J connectivity index is 1.61. The Morgan fingerprint density at radius 2 is 1.71 bits per heavy atom. The molecule has 7 heteroatoms. The number of sulfonamides is 1. The highest BCUT2D eigenvalue weighted by atomic mass is 32.2. The second kappa shape index (κ2) is 8.32. The van der Waals surface area contributed by atoms with Crippen molar-refractivity contribution in [3.05, 3.63) is 59.2 Å². The van der Waals surface area contributed by atoms with Crippen molar-refractivity contribution in [2.24, 2.45) is 0 Å². The number of amides is 1. The summed E-state index contributed by atoms with van der Waals surface area (Å²) in [4.78, 5) is 14.7. The molecule has 1 aliphatic heterocycles. The summed E-state index contributed by atoms with van der Waals surface area (Å²) in [5, 5.41) is 0. The van der Waals surface area contributed by atoms with E-state index in [2.05, 4.69) is 4.72 Å². The minimum atomic E-state index is -3.58. The molecule has 6 nitrogen and oxygen atoms in total. The molecule has 1 aliphatic rings.